The molecule has 1 aromatic rings. The number of halogens is 3. The molecule has 0 atom stereocenters. The Hall–Kier alpha value is -2.51. The molecule has 5 nitrogen and oxygen atoms in total. The van der Waals surface area contributed by atoms with Gasteiger partial charge < -0.3 is 14.7 Å². The Morgan fingerprint density at radius 3 is 2.66 bits per heavy atom. The third-order valence-electron chi connectivity index (χ3n) is 5.24. The van der Waals surface area contributed by atoms with Gasteiger partial charge in [0.25, 0.3) is 0 Å². The summed E-state index contributed by atoms with van der Waals surface area (Å²) in [5.74, 6) is -0.677. The fourth-order valence-electron chi connectivity index (χ4n) is 3.85. The van der Waals surface area contributed by atoms with Crippen LogP contribution in [0.3, 0.4) is 0 Å². The Morgan fingerprint density at radius 2 is 2.03 bits per heavy atom. The van der Waals surface area contributed by atoms with Gasteiger partial charge in [0.1, 0.15) is 23.5 Å². The molecule has 8 heteroatoms. The number of aliphatic hydroxyl groups excluding tert-OH is 1. The first-order valence-corrected chi connectivity index (χ1v) is 9.75. The number of esters is 1. The van der Waals surface area contributed by atoms with Gasteiger partial charge in [-0.3, -0.25) is 0 Å². The number of carbonyl (C=O) groups is 1. The molecule has 0 amide bonds. The van der Waals surface area contributed by atoms with Crippen molar-refractivity contribution >= 4 is 11.7 Å². The van der Waals surface area contributed by atoms with E-state index < -0.39 is 23.3 Å². The summed E-state index contributed by atoms with van der Waals surface area (Å²) in [7, 11) is 0. The van der Waals surface area contributed by atoms with Gasteiger partial charge in [-0.05, 0) is 49.8 Å². The maximum Gasteiger partial charge on any atom is 0.416 e. The number of ether oxygens (including phenoxy) is 1. The van der Waals surface area contributed by atoms with Gasteiger partial charge in [-0.1, -0.05) is 30.6 Å². The summed E-state index contributed by atoms with van der Waals surface area (Å²) in [5.41, 5.74) is -0.840. The second-order valence-electron chi connectivity index (χ2n) is 7.54. The summed E-state index contributed by atoms with van der Waals surface area (Å²) < 4.78 is 44.1. The Morgan fingerprint density at radius 1 is 1.31 bits per heavy atom. The van der Waals surface area contributed by atoms with Gasteiger partial charge in [-0.2, -0.15) is 13.2 Å². The van der Waals surface area contributed by atoms with Crippen molar-refractivity contribution in [2.24, 2.45) is 5.16 Å². The van der Waals surface area contributed by atoms with Gasteiger partial charge in [0.05, 0.1) is 11.3 Å². The molecule has 1 aliphatic heterocycles. The van der Waals surface area contributed by atoms with Crippen LogP contribution in [0.5, 0.6) is 0 Å². The molecule has 1 spiro atoms. The molecule has 0 unspecified atom stereocenters. The molecule has 3 rings (SSSR count). The molecule has 1 aliphatic carbocycles. The van der Waals surface area contributed by atoms with E-state index in [0.717, 1.165) is 37.8 Å². The van der Waals surface area contributed by atoms with Crippen LogP contribution in [0.25, 0.3) is 0 Å². The molecule has 1 heterocycles. The summed E-state index contributed by atoms with van der Waals surface area (Å²) in [6.45, 7) is 1.69. The SMILES string of the molecule is CCC/C(=N\OCc1cccc(C(F)(F)F)c1)C1=C(O)CC2(CCCC2)OC1=O. The second-order valence-corrected chi connectivity index (χ2v) is 7.54. The minimum absolute atomic E-state index is 0.00779. The Balaban J connectivity index is 1.76. The summed E-state index contributed by atoms with van der Waals surface area (Å²) in [5, 5.41) is 14.5. The van der Waals surface area contributed by atoms with Crippen molar-refractivity contribution in [3.63, 3.8) is 0 Å². The monoisotopic (exact) mass is 411 g/mol. The van der Waals surface area contributed by atoms with E-state index >= 15 is 0 Å². The van der Waals surface area contributed by atoms with Crippen LogP contribution in [0.2, 0.25) is 0 Å². The van der Waals surface area contributed by atoms with Gasteiger partial charge >= 0.3 is 12.1 Å². The van der Waals surface area contributed by atoms with Gasteiger partial charge in [-0.15, -0.1) is 0 Å². The fraction of sp³-hybridized carbons (Fsp3) is 0.524. The topological polar surface area (TPSA) is 68.1 Å². The average Bonchev–Trinajstić information content (AvgIpc) is 3.08. The van der Waals surface area contributed by atoms with Crippen LogP contribution in [0, 0.1) is 0 Å². The lowest BCUT2D eigenvalue weighted by Crippen LogP contribution is -2.39. The maximum absolute atomic E-state index is 12.8. The van der Waals surface area contributed by atoms with E-state index in [1.54, 1.807) is 0 Å². The first-order chi connectivity index (χ1) is 13.7. The van der Waals surface area contributed by atoms with Crippen molar-refractivity contribution < 1.29 is 32.6 Å². The molecule has 29 heavy (non-hydrogen) atoms. The fourth-order valence-corrected chi connectivity index (χ4v) is 3.85. The average molecular weight is 411 g/mol. The van der Waals surface area contributed by atoms with Crippen molar-refractivity contribution in [3.05, 3.63) is 46.7 Å². The summed E-state index contributed by atoms with van der Waals surface area (Å²) in [6, 6.07) is 4.77. The summed E-state index contributed by atoms with van der Waals surface area (Å²) in [6.07, 6.45) is 0.170. The third-order valence-corrected chi connectivity index (χ3v) is 5.24. The zero-order valence-corrected chi connectivity index (χ0v) is 16.2. The smallest absolute Gasteiger partial charge is 0.416 e. The third kappa shape index (κ3) is 4.92. The summed E-state index contributed by atoms with van der Waals surface area (Å²) in [4.78, 5) is 17.8. The van der Waals surface area contributed by atoms with Crippen molar-refractivity contribution in [2.75, 3.05) is 0 Å². The van der Waals surface area contributed by atoms with Gasteiger partial charge in [0.2, 0.25) is 0 Å². The molecule has 1 fully saturated rings. The normalized spacial score (nSPS) is 19.6. The van der Waals surface area contributed by atoms with Crippen molar-refractivity contribution in [1.82, 2.24) is 0 Å². The molecule has 2 aliphatic rings. The minimum Gasteiger partial charge on any atom is -0.511 e. The van der Waals surface area contributed by atoms with Crippen LogP contribution in [-0.2, 0) is 27.2 Å². The number of alkyl halides is 3. The number of carbonyl (C=O) groups excluding carboxylic acids is 1. The van der Waals surface area contributed by atoms with Gasteiger partial charge in [0.15, 0.2) is 0 Å². The van der Waals surface area contributed by atoms with E-state index in [2.05, 4.69) is 5.16 Å². The molecule has 0 bridgehead atoms. The number of benzene rings is 1. The Kier molecular flexibility index (Phi) is 6.19. The first kappa shape index (κ1) is 21.2. The zero-order chi connectivity index (χ0) is 21.1. The number of nitrogens with zero attached hydrogens (tertiary/aromatic N) is 1. The summed E-state index contributed by atoms with van der Waals surface area (Å²) >= 11 is 0. The van der Waals surface area contributed by atoms with E-state index in [4.69, 9.17) is 9.57 Å². The number of hydrogen-bond donors (Lipinski definition) is 1. The molecule has 1 aromatic carbocycles. The van der Waals surface area contributed by atoms with Crippen molar-refractivity contribution in [1.29, 1.82) is 0 Å². The van der Waals surface area contributed by atoms with Gasteiger partial charge in [-0.25, -0.2) is 4.79 Å². The van der Waals surface area contributed by atoms with Crippen LogP contribution in [-0.4, -0.2) is 22.4 Å². The van der Waals surface area contributed by atoms with Crippen molar-refractivity contribution in [2.45, 2.75) is 70.3 Å². The molecule has 158 valence electrons. The highest BCUT2D eigenvalue weighted by atomic mass is 19.4. The molecular formula is C21H24F3NO4. The van der Waals surface area contributed by atoms with E-state index in [9.17, 15) is 23.1 Å². The number of hydrogen-bond acceptors (Lipinski definition) is 5. The lowest BCUT2D eigenvalue weighted by molar-refractivity contribution is -0.157. The second kappa shape index (κ2) is 8.47. The zero-order valence-electron chi connectivity index (χ0n) is 16.2. The van der Waals surface area contributed by atoms with Crippen LogP contribution in [0.1, 0.15) is 63.0 Å². The predicted octanol–water partition coefficient (Wildman–Crippen LogP) is 5.45. The molecule has 1 saturated carbocycles. The maximum atomic E-state index is 12.8. The molecule has 1 N–H and O–H groups in total. The van der Waals surface area contributed by atoms with Crippen LogP contribution >= 0.6 is 0 Å². The van der Waals surface area contributed by atoms with Crippen LogP contribution in [0.4, 0.5) is 13.2 Å². The molecule has 0 radical (unpaired) electrons. The lowest BCUT2D eigenvalue weighted by Gasteiger charge is -2.33. The van der Waals surface area contributed by atoms with Gasteiger partial charge in [0, 0.05) is 6.42 Å². The standard InChI is InChI=1S/C21H24F3NO4/c1-2-6-16(18-17(26)12-20(29-19(18)27)9-3-4-10-20)25-28-13-14-7-5-8-15(11-14)21(22,23)24/h5,7-8,11,26H,2-4,6,9-10,12-13H2,1H3/b25-16+. The molecular weight excluding hydrogens is 387 g/mol. The highest BCUT2D eigenvalue weighted by Crippen LogP contribution is 2.42. The number of aliphatic hydroxyl groups is 1. The van der Waals surface area contributed by atoms with E-state index in [1.807, 2.05) is 6.92 Å². The molecule has 0 aromatic heterocycles. The highest BCUT2D eigenvalue weighted by molar-refractivity contribution is 6.20. The largest absolute Gasteiger partial charge is 0.511 e. The van der Waals surface area contributed by atoms with Crippen LogP contribution in [0.15, 0.2) is 40.8 Å². The molecule has 0 saturated heterocycles. The minimum atomic E-state index is -4.44. The van der Waals surface area contributed by atoms with E-state index in [-0.39, 0.29) is 30.1 Å². The van der Waals surface area contributed by atoms with Crippen LogP contribution < -0.4 is 0 Å². The Labute approximate surface area is 167 Å². The van der Waals surface area contributed by atoms with E-state index in [0.29, 0.717) is 18.4 Å². The first-order valence-electron chi connectivity index (χ1n) is 9.75. The highest BCUT2D eigenvalue weighted by Gasteiger charge is 2.45. The Bertz CT molecular complexity index is 823. The predicted molar refractivity (Wildman–Crippen MR) is 100 cm³/mol. The quantitative estimate of drug-likeness (QED) is 0.384. The number of oxime groups is 1. The lowest BCUT2D eigenvalue weighted by atomic mass is 9.90. The number of rotatable bonds is 6. The van der Waals surface area contributed by atoms with Crippen molar-refractivity contribution in [3.8, 4) is 0 Å². The van der Waals surface area contributed by atoms with E-state index in [1.165, 1.54) is 12.1 Å².